The van der Waals surface area contributed by atoms with Gasteiger partial charge in [0.05, 0.1) is 12.2 Å². The maximum Gasteiger partial charge on any atom is 0.379 e. The summed E-state index contributed by atoms with van der Waals surface area (Å²) in [4.78, 5) is 27.4. The second-order valence-corrected chi connectivity index (χ2v) is 3.58. The Kier molecular flexibility index (Phi) is 2.91. The minimum atomic E-state index is -0.830. The summed E-state index contributed by atoms with van der Waals surface area (Å²) in [6, 6.07) is 3.49. The number of hydrogen-bond acceptors (Lipinski definition) is 4. The van der Waals surface area contributed by atoms with E-state index in [1.807, 2.05) is 0 Å². The first-order valence-corrected chi connectivity index (χ1v) is 5.26. The van der Waals surface area contributed by atoms with Crippen molar-refractivity contribution in [3.8, 4) is 0 Å². The van der Waals surface area contributed by atoms with Crippen molar-refractivity contribution in [1.29, 1.82) is 0 Å². The molecule has 0 unspecified atom stereocenters. The molecule has 0 radical (unpaired) electrons. The van der Waals surface area contributed by atoms with Crippen molar-refractivity contribution in [3.63, 3.8) is 0 Å². The molecule has 2 aromatic rings. The number of Topliss-reactive ketones (excluding diaryl/α,β-unsaturated/α-hetero) is 1. The zero-order chi connectivity index (χ0) is 12.4. The minimum absolute atomic E-state index is 0.188. The first kappa shape index (κ1) is 11.3. The van der Waals surface area contributed by atoms with Crippen molar-refractivity contribution in [3.05, 3.63) is 30.1 Å². The van der Waals surface area contributed by atoms with Crippen LogP contribution in [0.4, 0.5) is 0 Å². The standard InChI is InChI=1S/C12H12N2O3/c1-3-17-12(16)10(15)9-7-14(2)11-8(9)5-4-6-13-11/h4-7H,3H2,1-2H3. The normalized spacial score (nSPS) is 10.5. The van der Waals surface area contributed by atoms with Gasteiger partial charge in [0.25, 0.3) is 5.78 Å². The van der Waals surface area contributed by atoms with E-state index in [0.29, 0.717) is 16.6 Å². The summed E-state index contributed by atoms with van der Waals surface area (Å²) in [6.45, 7) is 1.85. The van der Waals surface area contributed by atoms with Crippen LogP contribution in [-0.2, 0) is 16.6 Å². The van der Waals surface area contributed by atoms with Crippen LogP contribution in [-0.4, -0.2) is 27.9 Å². The number of aromatic nitrogens is 2. The van der Waals surface area contributed by atoms with Crippen molar-refractivity contribution in [2.45, 2.75) is 6.92 Å². The van der Waals surface area contributed by atoms with E-state index in [0.717, 1.165) is 0 Å². The van der Waals surface area contributed by atoms with Crippen molar-refractivity contribution < 1.29 is 14.3 Å². The van der Waals surface area contributed by atoms with Crippen LogP contribution in [0.3, 0.4) is 0 Å². The lowest BCUT2D eigenvalue weighted by atomic mass is 10.1. The quantitative estimate of drug-likeness (QED) is 0.455. The van der Waals surface area contributed by atoms with Gasteiger partial charge in [-0.05, 0) is 19.1 Å². The molecular weight excluding hydrogens is 220 g/mol. The first-order valence-electron chi connectivity index (χ1n) is 5.26. The summed E-state index contributed by atoms with van der Waals surface area (Å²) >= 11 is 0. The molecule has 0 aliphatic rings. The van der Waals surface area contributed by atoms with Crippen LogP contribution in [0.1, 0.15) is 17.3 Å². The largest absolute Gasteiger partial charge is 0.460 e. The van der Waals surface area contributed by atoms with Crippen LogP contribution >= 0.6 is 0 Å². The molecule has 5 heteroatoms. The van der Waals surface area contributed by atoms with E-state index < -0.39 is 11.8 Å². The summed E-state index contributed by atoms with van der Waals surface area (Å²) < 4.78 is 6.41. The molecule has 0 bridgehead atoms. The van der Waals surface area contributed by atoms with Gasteiger partial charge >= 0.3 is 5.97 Å². The van der Waals surface area contributed by atoms with Crippen molar-refractivity contribution in [1.82, 2.24) is 9.55 Å². The number of pyridine rings is 1. The third-order valence-electron chi connectivity index (χ3n) is 2.44. The molecule has 17 heavy (non-hydrogen) atoms. The number of fused-ring (bicyclic) bond motifs is 1. The van der Waals surface area contributed by atoms with Gasteiger partial charge in [-0.2, -0.15) is 0 Å². The van der Waals surface area contributed by atoms with Gasteiger partial charge in [-0.1, -0.05) is 0 Å². The second-order valence-electron chi connectivity index (χ2n) is 3.58. The van der Waals surface area contributed by atoms with E-state index >= 15 is 0 Å². The average molecular weight is 232 g/mol. The van der Waals surface area contributed by atoms with Crippen LogP contribution < -0.4 is 0 Å². The molecule has 0 aliphatic heterocycles. The SMILES string of the molecule is CCOC(=O)C(=O)c1cn(C)c2ncccc12. The molecular formula is C12H12N2O3. The number of aryl methyl sites for hydroxylation is 1. The number of hydrogen-bond donors (Lipinski definition) is 0. The van der Waals surface area contributed by atoms with Crippen molar-refractivity contribution in [2.75, 3.05) is 6.61 Å². The van der Waals surface area contributed by atoms with E-state index in [1.54, 1.807) is 43.1 Å². The van der Waals surface area contributed by atoms with Gasteiger partial charge in [0.15, 0.2) is 0 Å². The first-order chi connectivity index (χ1) is 8.15. The summed E-state index contributed by atoms with van der Waals surface area (Å²) in [6.07, 6.45) is 3.23. The highest BCUT2D eigenvalue weighted by atomic mass is 16.5. The van der Waals surface area contributed by atoms with E-state index in [9.17, 15) is 9.59 Å². The van der Waals surface area contributed by atoms with E-state index in [4.69, 9.17) is 4.74 Å². The lowest BCUT2D eigenvalue weighted by Crippen LogP contribution is -2.17. The Hall–Kier alpha value is -2.17. The van der Waals surface area contributed by atoms with Gasteiger partial charge in [-0.15, -0.1) is 0 Å². The predicted molar refractivity (Wildman–Crippen MR) is 61.7 cm³/mol. The van der Waals surface area contributed by atoms with Crippen LogP contribution in [0.25, 0.3) is 11.0 Å². The van der Waals surface area contributed by atoms with Gasteiger partial charge in [0.2, 0.25) is 0 Å². The Labute approximate surface area is 98.0 Å². The molecule has 0 atom stereocenters. The highest BCUT2D eigenvalue weighted by Gasteiger charge is 2.22. The molecule has 0 saturated heterocycles. The monoisotopic (exact) mass is 232 g/mol. The highest BCUT2D eigenvalue weighted by molar-refractivity contribution is 6.42. The number of nitrogens with zero attached hydrogens (tertiary/aromatic N) is 2. The Morgan fingerprint density at radius 2 is 2.24 bits per heavy atom. The molecule has 0 N–H and O–H groups in total. The van der Waals surface area contributed by atoms with Gasteiger partial charge in [0.1, 0.15) is 5.65 Å². The fourth-order valence-corrected chi connectivity index (χ4v) is 1.70. The van der Waals surface area contributed by atoms with Gasteiger partial charge < -0.3 is 9.30 Å². The molecule has 0 aromatic carbocycles. The Morgan fingerprint density at radius 3 is 2.94 bits per heavy atom. The second kappa shape index (κ2) is 4.37. The zero-order valence-electron chi connectivity index (χ0n) is 9.64. The molecule has 2 aromatic heterocycles. The number of carbonyl (C=O) groups excluding carboxylic acids is 2. The summed E-state index contributed by atoms with van der Waals surface area (Å²) in [7, 11) is 1.78. The van der Waals surface area contributed by atoms with Crippen LogP contribution in [0, 0.1) is 0 Å². The summed E-state index contributed by atoms with van der Waals surface area (Å²) in [5.74, 6) is -1.46. The van der Waals surface area contributed by atoms with Gasteiger partial charge in [0, 0.05) is 24.8 Å². The number of carbonyl (C=O) groups is 2. The number of esters is 1. The molecule has 0 saturated carbocycles. The zero-order valence-corrected chi connectivity index (χ0v) is 9.64. The van der Waals surface area contributed by atoms with Gasteiger partial charge in [-0.25, -0.2) is 9.78 Å². The molecule has 0 fully saturated rings. The molecule has 88 valence electrons. The molecule has 2 heterocycles. The molecule has 2 rings (SSSR count). The Balaban J connectivity index is 2.49. The number of ether oxygens (including phenoxy) is 1. The smallest absolute Gasteiger partial charge is 0.379 e. The highest BCUT2D eigenvalue weighted by Crippen LogP contribution is 2.18. The average Bonchev–Trinajstić information content (AvgIpc) is 2.67. The molecule has 0 amide bonds. The molecule has 0 spiro atoms. The van der Waals surface area contributed by atoms with Crippen LogP contribution in [0.15, 0.2) is 24.5 Å². The predicted octanol–water partition coefficient (Wildman–Crippen LogP) is 1.32. The number of ketones is 1. The maximum atomic E-state index is 11.8. The number of rotatable bonds is 3. The van der Waals surface area contributed by atoms with Crippen LogP contribution in [0.5, 0.6) is 0 Å². The fraction of sp³-hybridized carbons (Fsp3) is 0.250. The third-order valence-corrected chi connectivity index (χ3v) is 2.44. The topological polar surface area (TPSA) is 61.2 Å². The third kappa shape index (κ3) is 1.91. The molecule has 5 nitrogen and oxygen atoms in total. The summed E-state index contributed by atoms with van der Waals surface area (Å²) in [5.41, 5.74) is 0.995. The lowest BCUT2D eigenvalue weighted by Gasteiger charge is -1.98. The fourth-order valence-electron chi connectivity index (χ4n) is 1.70. The Bertz CT molecular complexity index is 586. The lowest BCUT2D eigenvalue weighted by molar-refractivity contribution is -0.137. The van der Waals surface area contributed by atoms with E-state index in [2.05, 4.69) is 4.98 Å². The van der Waals surface area contributed by atoms with E-state index in [1.165, 1.54) is 0 Å². The van der Waals surface area contributed by atoms with E-state index in [-0.39, 0.29) is 6.61 Å². The van der Waals surface area contributed by atoms with Crippen LogP contribution in [0.2, 0.25) is 0 Å². The molecule has 0 aliphatic carbocycles. The summed E-state index contributed by atoms with van der Waals surface area (Å²) in [5, 5.41) is 0.660. The van der Waals surface area contributed by atoms with Crippen molar-refractivity contribution >= 4 is 22.8 Å². The minimum Gasteiger partial charge on any atom is -0.460 e. The maximum absolute atomic E-state index is 11.8. The van der Waals surface area contributed by atoms with Gasteiger partial charge in [-0.3, -0.25) is 4.79 Å². The Morgan fingerprint density at radius 1 is 1.47 bits per heavy atom. The van der Waals surface area contributed by atoms with Crippen molar-refractivity contribution in [2.24, 2.45) is 7.05 Å².